The van der Waals surface area contributed by atoms with Crippen LogP contribution in [0.1, 0.15) is 18.9 Å². The summed E-state index contributed by atoms with van der Waals surface area (Å²) in [6.45, 7) is 4.80. The molecular formula is C17H21N3O2. The molecule has 0 saturated carbocycles. The van der Waals surface area contributed by atoms with E-state index in [9.17, 15) is 9.90 Å². The molecule has 1 aromatic heterocycles. The van der Waals surface area contributed by atoms with Crippen molar-refractivity contribution in [1.29, 1.82) is 0 Å². The largest absolute Gasteiger partial charge is 0.392 e. The molecule has 1 N–H and O–H groups in total. The Morgan fingerprint density at radius 2 is 1.95 bits per heavy atom. The maximum absolute atomic E-state index is 11.8. The van der Waals surface area contributed by atoms with Gasteiger partial charge in [-0.3, -0.25) is 4.79 Å². The maximum Gasteiger partial charge on any atom is 0.222 e. The summed E-state index contributed by atoms with van der Waals surface area (Å²) in [5.74, 6) is 1.04. The summed E-state index contributed by atoms with van der Waals surface area (Å²) < 4.78 is 0. The summed E-state index contributed by atoms with van der Waals surface area (Å²) in [4.78, 5) is 20.5. The third kappa shape index (κ3) is 2.76. The van der Waals surface area contributed by atoms with Gasteiger partial charge in [0.05, 0.1) is 12.1 Å². The van der Waals surface area contributed by atoms with E-state index in [4.69, 9.17) is 4.98 Å². The number of fused-ring (bicyclic) bond motifs is 1. The molecule has 5 nitrogen and oxygen atoms in total. The van der Waals surface area contributed by atoms with Gasteiger partial charge in [-0.25, -0.2) is 4.98 Å². The number of anilines is 1. The number of aliphatic hydroxyl groups is 1. The van der Waals surface area contributed by atoms with Crippen molar-refractivity contribution in [2.45, 2.75) is 20.0 Å². The molecule has 1 saturated heterocycles. The van der Waals surface area contributed by atoms with Crippen LogP contribution in [0.2, 0.25) is 0 Å². The zero-order valence-corrected chi connectivity index (χ0v) is 12.8. The highest BCUT2D eigenvalue weighted by molar-refractivity contribution is 5.82. The van der Waals surface area contributed by atoms with Crippen LogP contribution in [0, 0.1) is 0 Å². The van der Waals surface area contributed by atoms with Crippen molar-refractivity contribution in [2.24, 2.45) is 0 Å². The standard InChI is InChI=1S/C17H21N3O2/c1-2-16(22)19-7-9-20(10-8-19)17-14(12-21)11-13-5-3-4-6-15(13)18-17/h3-6,11,21H,2,7-10,12H2,1H3. The average molecular weight is 299 g/mol. The summed E-state index contributed by atoms with van der Waals surface area (Å²) in [6.07, 6.45) is 0.552. The predicted molar refractivity (Wildman–Crippen MR) is 86.7 cm³/mol. The lowest BCUT2D eigenvalue weighted by atomic mass is 10.1. The molecule has 0 spiro atoms. The van der Waals surface area contributed by atoms with Crippen molar-refractivity contribution in [2.75, 3.05) is 31.1 Å². The molecule has 0 aliphatic carbocycles. The molecule has 0 unspecified atom stereocenters. The van der Waals surface area contributed by atoms with Crippen molar-refractivity contribution in [3.63, 3.8) is 0 Å². The highest BCUT2D eigenvalue weighted by Crippen LogP contribution is 2.24. The van der Waals surface area contributed by atoms with E-state index >= 15 is 0 Å². The minimum absolute atomic E-state index is 0.0265. The second-order valence-corrected chi connectivity index (χ2v) is 5.54. The van der Waals surface area contributed by atoms with Gasteiger partial charge in [-0.05, 0) is 12.1 Å². The highest BCUT2D eigenvalue weighted by atomic mass is 16.3. The number of aromatic nitrogens is 1. The lowest BCUT2D eigenvalue weighted by molar-refractivity contribution is -0.131. The van der Waals surface area contributed by atoms with Crippen LogP contribution in [0.5, 0.6) is 0 Å². The van der Waals surface area contributed by atoms with Crippen LogP contribution in [0.4, 0.5) is 5.82 Å². The van der Waals surface area contributed by atoms with Crippen molar-refractivity contribution in [3.8, 4) is 0 Å². The number of pyridine rings is 1. The fourth-order valence-electron chi connectivity index (χ4n) is 2.93. The Balaban J connectivity index is 1.86. The molecule has 1 amide bonds. The first kappa shape index (κ1) is 14.8. The van der Waals surface area contributed by atoms with Gasteiger partial charge in [0.25, 0.3) is 0 Å². The van der Waals surface area contributed by atoms with Crippen LogP contribution in [-0.2, 0) is 11.4 Å². The second-order valence-electron chi connectivity index (χ2n) is 5.54. The van der Waals surface area contributed by atoms with Gasteiger partial charge in [-0.2, -0.15) is 0 Å². The number of para-hydroxylation sites is 1. The van der Waals surface area contributed by atoms with Gasteiger partial charge in [0, 0.05) is 43.5 Å². The lowest BCUT2D eigenvalue weighted by Crippen LogP contribution is -2.49. The van der Waals surface area contributed by atoms with Crippen molar-refractivity contribution >= 4 is 22.6 Å². The molecule has 0 bridgehead atoms. The van der Waals surface area contributed by atoms with Gasteiger partial charge in [-0.1, -0.05) is 25.1 Å². The number of carbonyl (C=O) groups is 1. The molecule has 1 aromatic carbocycles. The predicted octanol–water partition coefficient (Wildman–Crippen LogP) is 1.79. The Kier molecular flexibility index (Phi) is 4.24. The molecular weight excluding hydrogens is 278 g/mol. The SMILES string of the molecule is CCC(=O)N1CCN(c2nc3ccccc3cc2CO)CC1. The van der Waals surface area contributed by atoms with Gasteiger partial charge in [0.15, 0.2) is 0 Å². The second kappa shape index (κ2) is 6.32. The van der Waals surface area contributed by atoms with E-state index in [1.54, 1.807) is 0 Å². The monoisotopic (exact) mass is 299 g/mol. The number of nitrogens with zero attached hydrogens (tertiary/aromatic N) is 3. The summed E-state index contributed by atoms with van der Waals surface area (Å²) in [6, 6.07) is 9.93. The van der Waals surface area contributed by atoms with Gasteiger partial charge in [0.1, 0.15) is 5.82 Å². The minimum Gasteiger partial charge on any atom is -0.392 e. The Bertz CT molecular complexity index is 679. The Morgan fingerprint density at radius 1 is 1.23 bits per heavy atom. The van der Waals surface area contributed by atoms with E-state index in [1.165, 1.54) is 0 Å². The number of hydrogen-bond donors (Lipinski definition) is 1. The molecule has 2 heterocycles. The zero-order valence-electron chi connectivity index (χ0n) is 12.8. The summed E-state index contributed by atoms with van der Waals surface area (Å²) in [5, 5.41) is 10.7. The van der Waals surface area contributed by atoms with E-state index in [2.05, 4.69) is 4.90 Å². The number of hydrogen-bond acceptors (Lipinski definition) is 4. The summed E-state index contributed by atoms with van der Waals surface area (Å²) >= 11 is 0. The topological polar surface area (TPSA) is 56.7 Å². The summed E-state index contributed by atoms with van der Waals surface area (Å²) in [7, 11) is 0. The molecule has 116 valence electrons. The number of amides is 1. The van der Waals surface area contributed by atoms with Gasteiger partial charge < -0.3 is 14.9 Å². The van der Waals surface area contributed by atoms with Crippen molar-refractivity contribution in [1.82, 2.24) is 9.88 Å². The normalized spacial score (nSPS) is 15.4. The molecule has 22 heavy (non-hydrogen) atoms. The Labute approximate surface area is 130 Å². The third-order valence-electron chi connectivity index (χ3n) is 4.18. The summed E-state index contributed by atoms with van der Waals surface area (Å²) in [5.41, 5.74) is 1.77. The number of aliphatic hydroxyl groups excluding tert-OH is 1. The molecule has 2 aromatic rings. The van der Waals surface area contributed by atoms with Crippen LogP contribution in [0.25, 0.3) is 10.9 Å². The van der Waals surface area contributed by atoms with E-state index in [1.807, 2.05) is 42.2 Å². The van der Waals surface area contributed by atoms with Crippen LogP contribution < -0.4 is 4.90 Å². The molecule has 5 heteroatoms. The van der Waals surface area contributed by atoms with Gasteiger partial charge >= 0.3 is 0 Å². The van der Waals surface area contributed by atoms with E-state index in [-0.39, 0.29) is 12.5 Å². The van der Waals surface area contributed by atoms with E-state index in [0.717, 1.165) is 35.4 Å². The van der Waals surface area contributed by atoms with Crippen molar-refractivity contribution < 1.29 is 9.90 Å². The van der Waals surface area contributed by atoms with Gasteiger partial charge in [-0.15, -0.1) is 0 Å². The molecule has 0 radical (unpaired) electrons. The molecule has 1 aliphatic rings. The smallest absolute Gasteiger partial charge is 0.222 e. The maximum atomic E-state index is 11.8. The molecule has 0 atom stereocenters. The number of rotatable bonds is 3. The Morgan fingerprint density at radius 3 is 2.64 bits per heavy atom. The zero-order chi connectivity index (χ0) is 15.5. The van der Waals surface area contributed by atoms with Crippen LogP contribution in [-0.4, -0.2) is 47.1 Å². The molecule has 1 aliphatic heterocycles. The van der Waals surface area contributed by atoms with Gasteiger partial charge in [0.2, 0.25) is 5.91 Å². The van der Waals surface area contributed by atoms with E-state index < -0.39 is 0 Å². The fourth-order valence-corrected chi connectivity index (χ4v) is 2.93. The third-order valence-corrected chi connectivity index (χ3v) is 4.18. The van der Waals surface area contributed by atoms with E-state index in [0.29, 0.717) is 19.5 Å². The first-order valence-electron chi connectivity index (χ1n) is 7.75. The first-order chi connectivity index (χ1) is 10.7. The number of carbonyl (C=O) groups excluding carboxylic acids is 1. The highest BCUT2D eigenvalue weighted by Gasteiger charge is 2.22. The van der Waals surface area contributed by atoms with Crippen LogP contribution >= 0.6 is 0 Å². The van der Waals surface area contributed by atoms with Crippen molar-refractivity contribution in [3.05, 3.63) is 35.9 Å². The van der Waals surface area contributed by atoms with Crippen LogP contribution in [0.15, 0.2) is 30.3 Å². The molecule has 1 fully saturated rings. The number of piperazine rings is 1. The minimum atomic E-state index is -0.0265. The number of benzene rings is 1. The first-order valence-corrected chi connectivity index (χ1v) is 7.75. The quantitative estimate of drug-likeness (QED) is 0.939. The lowest BCUT2D eigenvalue weighted by Gasteiger charge is -2.36. The average Bonchev–Trinajstić information content (AvgIpc) is 2.60. The van der Waals surface area contributed by atoms with Crippen LogP contribution in [0.3, 0.4) is 0 Å². The fraction of sp³-hybridized carbons (Fsp3) is 0.412. The molecule has 3 rings (SSSR count). The Hall–Kier alpha value is -2.14.